The molecule has 0 radical (unpaired) electrons. The van der Waals surface area contributed by atoms with E-state index in [2.05, 4.69) is 0 Å². The third-order valence-electron chi connectivity index (χ3n) is 1.12. The van der Waals surface area contributed by atoms with Crippen LogP contribution in [0.3, 0.4) is 0 Å². The highest BCUT2D eigenvalue weighted by atomic mass is 19.1. The van der Waals surface area contributed by atoms with E-state index in [-0.39, 0.29) is 7.24 Å². The fourth-order valence-electron chi connectivity index (χ4n) is 0.664. The number of rotatable bonds is 1. The molecule has 0 saturated carbocycles. The smallest absolute Gasteiger partial charge is 0.123 e. The lowest BCUT2D eigenvalue weighted by Gasteiger charge is -1.92. The number of hydrogen-bond acceptors (Lipinski definition) is 1. The average molecular weight is 157 g/mol. The summed E-state index contributed by atoms with van der Waals surface area (Å²) in [6.07, 6.45) is 0. The molecule has 0 heterocycles. The normalized spacial score (nSPS) is 8.36. The fourth-order valence-corrected chi connectivity index (χ4v) is 0.664. The average Bonchev–Trinajstić information content (AvgIpc) is 2.08. The van der Waals surface area contributed by atoms with Crippen molar-refractivity contribution in [2.24, 2.45) is 5.73 Å². The Bertz CT molecular complexity index is 203. The highest BCUT2D eigenvalue weighted by Crippen LogP contribution is 2.00. The molecule has 2 heteroatoms. The van der Waals surface area contributed by atoms with Crippen molar-refractivity contribution in [1.82, 2.24) is 0 Å². The minimum absolute atomic E-state index is 0. The van der Waals surface area contributed by atoms with Crippen molar-refractivity contribution in [1.29, 1.82) is 0 Å². The first-order valence-corrected chi connectivity index (χ1v) is 3.77. The fraction of sp³-hybridized carbons (Fsp3) is 0.333. The van der Waals surface area contributed by atoms with Crippen LogP contribution in [0.2, 0.25) is 0 Å². The number of benzene rings is 1. The maximum Gasteiger partial charge on any atom is 0.123 e. The van der Waals surface area contributed by atoms with Crippen LogP contribution in [0.1, 0.15) is 20.8 Å². The van der Waals surface area contributed by atoms with E-state index in [1.54, 1.807) is 12.1 Å². The van der Waals surface area contributed by atoms with Gasteiger partial charge in [0.25, 0.3) is 0 Å². The molecule has 1 rings (SSSR count). The van der Waals surface area contributed by atoms with Crippen LogP contribution in [0.25, 0.3) is 0 Å². The van der Waals surface area contributed by atoms with Gasteiger partial charge in [-0.3, -0.25) is 0 Å². The molecule has 0 bridgehead atoms. The summed E-state index contributed by atoms with van der Waals surface area (Å²) in [6, 6.07) is 6.28. The quantitative estimate of drug-likeness (QED) is 0.666. The molecule has 1 aromatic carbocycles. The molecule has 0 atom stereocenters. The van der Waals surface area contributed by atoms with Crippen LogP contribution in [0.4, 0.5) is 4.39 Å². The summed E-state index contributed by atoms with van der Waals surface area (Å²) < 4.78 is 12.3. The van der Waals surface area contributed by atoms with Gasteiger partial charge in [0.1, 0.15) is 5.82 Å². The second-order valence-electron chi connectivity index (χ2n) is 1.83. The summed E-state index contributed by atoms with van der Waals surface area (Å²) in [4.78, 5) is 0. The van der Waals surface area contributed by atoms with Crippen molar-refractivity contribution in [3.63, 3.8) is 0 Å². The molecule has 0 aliphatic heterocycles. The number of nitrogens with two attached hydrogens (primary N) is 1. The topological polar surface area (TPSA) is 26.0 Å². The predicted octanol–water partition coefficient (Wildman–Crippen LogP) is 2.56. The van der Waals surface area contributed by atoms with E-state index in [4.69, 9.17) is 5.73 Å². The summed E-state index contributed by atoms with van der Waals surface area (Å²) in [5.74, 6) is -0.224. The molecule has 0 aliphatic rings. The highest BCUT2D eigenvalue weighted by molar-refractivity contribution is 5.15. The third-order valence-corrected chi connectivity index (χ3v) is 1.12. The monoisotopic (exact) mass is 157 g/mol. The Hall–Kier alpha value is -0.890. The molecule has 11 heavy (non-hydrogen) atoms. The molecular weight excluding hydrogens is 141 g/mol. The van der Waals surface area contributed by atoms with E-state index in [0.717, 1.165) is 5.56 Å². The minimum Gasteiger partial charge on any atom is -0.326 e. The van der Waals surface area contributed by atoms with Crippen molar-refractivity contribution in [3.05, 3.63) is 35.6 Å². The zero-order valence-electron chi connectivity index (χ0n) is 6.97. The summed E-state index contributed by atoms with van der Waals surface area (Å²) >= 11 is 0. The van der Waals surface area contributed by atoms with Gasteiger partial charge in [-0.15, -0.1) is 0 Å². The van der Waals surface area contributed by atoms with Gasteiger partial charge < -0.3 is 5.73 Å². The minimum atomic E-state index is -0.224. The second-order valence-corrected chi connectivity index (χ2v) is 1.83. The van der Waals surface area contributed by atoms with Crippen LogP contribution in [0.5, 0.6) is 0 Å². The Morgan fingerprint density at radius 2 is 2.09 bits per heavy atom. The van der Waals surface area contributed by atoms with Crippen LogP contribution in [-0.4, -0.2) is 0 Å². The lowest BCUT2D eigenvalue weighted by Crippen LogP contribution is -1.95. The Morgan fingerprint density at radius 1 is 1.45 bits per heavy atom. The molecule has 0 spiro atoms. The molecule has 0 saturated heterocycles. The molecule has 2 N–H and O–H groups in total. The zero-order chi connectivity index (χ0) is 8.69. The van der Waals surface area contributed by atoms with Gasteiger partial charge in [-0.1, -0.05) is 26.0 Å². The van der Waals surface area contributed by atoms with Crippen molar-refractivity contribution < 1.29 is 5.82 Å². The summed E-state index contributed by atoms with van der Waals surface area (Å²) in [5, 5.41) is 0. The number of halogens is 1. The van der Waals surface area contributed by atoms with Gasteiger partial charge in [-0.25, -0.2) is 4.39 Å². The molecule has 0 fully saturated rings. The molecule has 0 aromatic heterocycles. The summed E-state index contributed by atoms with van der Waals surface area (Å²) in [5.41, 5.74) is 6.08. The van der Waals surface area contributed by atoms with Crippen molar-refractivity contribution in [2.45, 2.75) is 20.4 Å². The molecule has 0 amide bonds. The van der Waals surface area contributed by atoms with Crippen molar-refractivity contribution in [3.8, 4) is 0 Å². The van der Waals surface area contributed by atoms with Crippen molar-refractivity contribution in [2.75, 3.05) is 0 Å². The van der Waals surface area contributed by atoms with Gasteiger partial charge in [0, 0.05) is 7.97 Å². The highest BCUT2D eigenvalue weighted by Gasteiger charge is 1.89. The lowest BCUT2D eigenvalue weighted by molar-refractivity contribution is 0.625. The SMILES string of the molecule is CC.NCc1cccc(F)c1.[HH]. The maximum atomic E-state index is 12.3. The van der Waals surface area contributed by atoms with E-state index in [1.165, 1.54) is 12.1 Å². The van der Waals surface area contributed by atoms with Crippen LogP contribution >= 0.6 is 0 Å². The standard InChI is InChI=1S/C7H8FN.C2H6.H2/c8-7-3-1-2-6(4-7)5-9;1-2;/h1-4H,5,9H2;1-2H3;1H. The predicted molar refractivity (Wildman–Crippen MR) is 47.8 cm³/mol. The van der Waals surface area contributed by atoms with Crippen LogP contribution in [-0.2, 0) is 6.54 Å². The lowest BCUT2D eigenvalue weighted by atomic mass is 10.2. The van der Waals surface area contributed by atoms with E-state index in [9.17, 15) is 4.39 Å². The molecule has 1 nitrogen and oxygen atoms in total. The Labute approximate surface area is 68.5 Å². The third kappa shape index (κ3) is 3.73. The van der Waals surface area contributed by atoms with E-state index in [1.807, 2.05) is 13.8 Å². The number of hydrogen-bond donors (Lipinski definition) is 1. The van der Waals surface area contributed by atoms with Gasteiger partial charge >= 0.3 is 0 Å². The first-order valence-electron chi connectivity index (χ1n) is 3.77. The first kappa shape index (κ1) is 10.1. The molecular formula is C9H16FN. The maximum absolute atomic E-state index is 12.3. The molecule has 1 aromatic rings. The van der Waals surface area contributed by atoms with Crippen molar-refractivity contribution >= 4 is 0 Å². The van der Waals surface area contributed by atoms with Gasteiger partial charge in [0.15, 0.2) is 0 Å². The Morgan fingerprint density at radius 3 is 2.45 bits per heavy atom. The van der Waals surface area contributed by atoms with Gasteiger partial charge in [0.2, 0.25) is 0 Å². The second kappa shape index (κ2) is 5.86. The molecule has 0 aliphatic carbocycles. The molecule has 64 valence electrons. The summed E-state index contributed by atoms with van der Waals surface area (Å²) in [7, 11) is 0. The van der Waals surface area contributed by atoms with Crippen LogP contribution in [0, 0.1) is 5.82 Å². The van der Waals surface area contributed by atoms with Gasteiger partial charge in [-0.2, -0.15) is 0 Å². The first-order chi connectivity index (χ1) is 5.33. The molecule has 0 unspecified atom stereocenters. The van der Waals surface area contributed by atoms with Crippen LogP contribution < -0.4 is 5.73 Å². The van der Waals surface area contributed by atoms with Gasteiger partial charge in [0.05, 0.1) is 0 Å². The largest absolute Gasteiger partial charge is 0.326 e. The zero-order valence-corrected chi connectivity index (χ0v) is 6.97. The Kier molecular flexibility index (Phi) is 5.39. The summed E-state index contributed by atoms with van der Waals surface area (Å²) in [6.45, 7) is 4.40. The van der Waals surface area contributed by atoms with E-state index in [0.29, 0.717) is 6.54 Å². The van der Waals surface area contributed by atoms with E-state index < -0.39 is 0 Å². The van der Waals surface area contributed by atoms with Crippen LogP contribution in [0.15, 0.2) is 24.3 Å². The van der Waals surface area contributed by atoms with Gasteiger partial charge in [-0.05, 0) is 17.7 Å². The Balaban J connectivity index is 0. The van der Waals surface area contributed by atoms with E-state index >= 15 is 0 Å².